The van der Waals surface area contributed by atoms with Gasteiger partial charge in [-0.15, -0.1) is 0 Å². The van der Waals surface area contributed by atoms with E-state index in [9.17, 15) is 0 Å². The van der Waals surface area contributed by atoms with Crippen LogP contribution in [0.4, 0.5) is 0 Å². The number of rotatable bonds is 6. The minimum absolute atomic E-state index is 0.0650. The zero-order valence-electron chi connectivity index (χ0n) is 9.62. The lowest BCUT2D eigenvalue weighted by molar-refractivity contribution is 0.0872. The monoisotopic (exact) mass is 232 g/mol. The number of hydrogen-bond donors (Lipinski definition) is 1. The molecule has 0 saturated heterocycles. The molecule has 90 valence electrons. The van der Waals surface area contributed by atoms with E-state index in [0.717, 1.165) is 17.9 Å². The van der Waals surface area contributed by atoms with Crippen molar-refractivity contribution in [3.05, 3.63) is 42.7 Å². The standard InChI is InChI=1S/C13H16N2O2/c16-9-11-17-10-8-15-7-6-14-13(15)12-4-2-1-3-5-12/h1-7,16H,8-11H2. The van der Waals surface area contributed by atoms with Crippen LogP contribution in [0.25, 0.3) is 11.4 Å². The highest BCUT2D eigenvalue weighted by atomic mass is 16.5. The Morgan fingerprint density at radius 3 is 2.76 bits per heavy atom. The molecule has 0 aliphatic rings. The quantitative estimate of drug-likeness (QED) is 0.769. The average molecular weight is 232 g/mol. The molecule has 1 aromatic carbocycles. The molecule has 1 N–H and O–H groups in total. The molecule has 4 heteroatoms. The second-order valence-corrected chi connectivity index (χ2v) is 3.65. The van der Waals surface area contributed by atoms with Gasteiger partial charge >= 0.3 is 0 Å². The number of aliphatic hydroxyl groups excluding tert-OH is 1. The average Bonchev–Trinajstić information content (AvgIpc) is 2.84. The molecule has 0 bridgehead atoms. The molecule has 1 heterocycles. The summed E-state index contributed by atoms with van der Waals surface area (Å²) in [6.07, 6.45) is 3.72. The Morgan fingerprint density at radius 1 is 1.18 bits per heavy atom. The predicted molar refractivity (Wildman–Crippen MR) is 65.6 cm³/mol. The summed E-state index contributed by atoms with van der Waals surface area (Å²) in [5, 5.41) is 8.61. The smallest absolute Gasteiger partial charge is 0.139 e. The van der Waals surface area contributed by atoms with Crippen LogP contribution in [0.1, 0.15) is 0 Å². The number of hydrogen-bond acceptors (Lipinski definition) is 3. The third-order valence-corrected chi connectivity index (χ3v) is 2.46. The Hall–Kier alpha value is -1.65. The molecular formula is C13H16N2O2. The molecule has 0 spiro atoms. The third-order valence-electron chi connectivity index (χ3n) is 2.46. The highest BCUT2D eigenvalue weighted by Gasteiger charge is 2.04. The van der Waals surface area contributed by atoms with Crippen molar-refractivity contribution in [2.24, 2.45) is 0 Å². The van der Waals surface area contributed by atoms with E-state index in [-0.39, 0.29) is 6.61 Å². The Balaban J connectivity index is 2.02. The highest BCUT2D eigenvalue weighted by Crippen LogP contribution is 2.16. The summed E-state index contributed by atoms with van der Waals surface area (Å²) in [5.41, 5.74) is 1.10. The molecule has 1 aromatic heterocycles. The fraction of sp³-hybridized carbons (Fsp3) is 0.308. The molecule has 0 aliphatic heterocycles. The zero-order valence-corrected chi connectivity index (χ0v) is 9.62. The van der Waals surface area contributed by atoms with Gasteiger partial charge in [0.2, 0.25) is 0 Å². The summed E-state index contributed by atoms with van der Waals surface area (Å²) >= 11 is 0. The first-order valence-corrected chi connectivity index (χ1v) is 5.67. The van der Waals surface area contributed by atoms with Crippen LogP contribution in [0.5, 0.6) is 0 Å². The molecule has 0 aliphatic carbocycles. The zero-order chi connectivity index (χ0) is 11.9. The van der Waals surface area contributed by atoms with Crippen molar-refractivity contribution < 1.29 is 9.84 Å². The van der Waals surface area contributed by atoms with Gasteiger partial charge < -0.3 is 14.4 Å². The van der Waals surface area contributed by atoms with Crippen LogP contribution in [0, 0.1) is 0 Å². The van der Waals surface area contributed by atoms with Gasteiger partial charge in [-0.2, -0.15) is 0 Å². The van der Waals surface area contributed by atoms with Crippen molar-refractivity contribution in [3.63, 3.8) is 0 Å². The van der Waals surface area contributed by atoms with Crippen LogP contribution in [0.2, 0.25) is 0 Å². The molecule has 0 saturated carbocycles. The van der Waals surface area contributed by atoms with Crippen LogP contribution < -0.4 is 0 Å². The van der Waals surface area contributed by atoms with Gasteiger partial charge in [0.15, 0.2) is 0 Å². The van der Waals surface area contributed by atoms with Gasteiger partial charge in [0.25, 0.3) is 0 Å². The van der Waals surface area contributed by atoms with Gasteiger partial charge in [-0.25, -0.2) is 4.98 Å². The highest BCUT2D eigenvalue weighted by molar-refractivity contribution is 5.54. The molecule has 0 amide bonds. The normalized spacial score (nSPS) is 10.6. The van der Waals surface area contributed by atoms with Gasteiger partial charge in [-0.05, 0) is 0 Å². The van der Waals surface area contributed by atoms with Crippen LogP contribution in [0.3, 0.4) is 0 Å². The summed E-state index contributed by atoms with van der Waals surface area (Å²) in [6.45, 7) is 1.77. The second kappa shape index (κ2) is 6.18. The van der Waals surface area contributed by atoms with E-state index < -0.39 is 0 Å². The van der Waals surface area contributed by atoms with Crippen molar-refractivity contribution in [3.8, 4) is 11.4 Å². The van der Waals surface area contributed by atoms with E-state index >= 15 is 0 Å². The van der Waals surface area contributed by atoms with E-state index in [1.807, 2.05) is 41.1 Å². The number of ether oxygens (including phenoxy) is 1. The van der Waals surface area contributed by atoms with Gasteiger partial charge in [-0.3, -0.25) is 0 Å². The summed E-state index contributed by atoms with van der Waals surface area (Å²) in [5.74, 6) is 0.943. The largest absolute Gasteiger partial charge is 0.394 e. The molecule has 17 heavy (non-hydrogen) atoms. The molecule has 4 nitrogen and oxygen atoms in total. The molecule has 0 fully saturated rings. The molecular weight excluding hydrogens is 216 g/mol. The van der Waals surface area contributed by atoms with Crippen LogP contribution in [-0.4, -0.2) is 34.5 Å². The molecule has 0 atom stereocenters. The minimum Gasteiger partial charge on any atom is -0.394 e. The predicted octanol–water partition coefficient (Wildman–Crippen LogP) is 1.56. The summed E-state index contributed by atoms with van der Waals surface area (Å²) in [6, 6.07) is 10.1. The SMILES string of the molecule is OCCOCCn1ccnc1-c1ccccc1. The molecule has 2 rings (SSSR count). The van der Waals surface area contributed by atoms with E-state index in [1.54, 1.807) is 6.20 Å². The maximum atomic E-state index is 8.61. The van der Waals surface area contributed by atoms with Gasteiger partial charge in [0.1, 0.15) is 5.82 Å². The second-order valence-electron chi connectivity index (χ2n) is 3.65. The fourth-order valence-electron chi connectivity index (χ4n) is 1.67. The Morgan fingerprint density at radius 2 is 2.00 bits per heavy atom. The fourth-order valence-corrected chi connectivity index (χ4v) is 1.67. The molecule has 0 radical (unpaired) electrons. The Bertz CT molecular complexity index is 440. The van der Waals surface area contributed by atoms with Crippen molar-refractivity contribution in [2.75, 3.05) is 19.8 Å². The summed E-state index contributed by atoms with van der Waals surface area (Å²) < 4.78 is 7.30. The van der Waals surface area contributed by atoms with Crippen LogP contribution in [0.15, 0.2) is 42.7 Å². The van der Waals surface area contributed by atoms with E-state index in [0.29, 0.717) is 13.2 Å². The maximum absolute atomic E-state index is 8.61. The lowest BCUT2D eigenvalue weighted by atomic mass is 10.2. The van der Waals surface area contributed by atoms with E-state index in [4.69, 9.17) is 9.84 Å². The van der Waals surface area contributed by atoms with Crippen LogP contribution >= 0.6 is 0 Å². The number of aromatic nitrogens is 2. The van der Waals surface area contributed by atoms with Crippen molar-refractivity contribution in [1.29, 1.82) is 0 Å². The first-order valence-electron chi connectivity index (χ1n) is 5.67. The van der Waals surface area contributed by atoms with E-state index in [2.05, 4.69) is 4.98 Å². The summed E-state index contributed by atoms with van der Waals surface area (Å²) in [4.78, 5) is 4.34. The van der Waals surface area contributed by atoms with Crippen molar-refractivity contribution in [1.82, 2.24) is 9.55 Å². The first-order chi connectivity index (χ1) is 8.42. The lowest BCUT2D eigenvalue weighted by Gasteiger charge is -2.08. The molecule has 0 unspecified atom stereocenters. The number of nitrogens with zero attached hydrogens (tertiary/aromatic N) is 2. The van der Waals surface area contributed by atoms with Gasteiger partial charge in [-0.1, -0.05) is 30.3 Å². The van der Waals surface area contributed by atoms with Crippen molar-refractivity contribution >= 4 is 0 Å². The Labute approximate surface area is 100 Å². The van der Waals surface area contributed by atoms with Gasteiger partial charge in [0, 0.05) is 24.5 Å². The Kier molecular flexibility index (Phi) is 4.30. The van der Waals surface area contributed by atoms with Gasteiger partial charge in [0.05, 0.1) is 19.8 Å². The first kappa shape index (κ1) is 11.8. The van der Waals surface area contributed by atoms with Crippen molar-refractivity contribution in [2.45, 2.75) is 6.54 Å². The van der Waals surface area contributed by atoms with E-state index in [1.165, 1.54) is 0 Å². The maximum Gasteiger partial charge on any atom is 0.139 e. The topological polar surface area (TPSA) is 47.3 Å². The lowest BCUT2D eigenvalue weighted by Crippen LogP contribution is -2.08. The number of aliphatic hydroxyl groups is 1. The number of benzene rings is 1. The third kappa shape index (κ3) is 3.15. The number of imidazole rings is 1. The minimum atomic E-state index is 0.0650. The van der Waals surface area contributed by atoms with Crippen LogP contribution in [-0.2, 0) is 11.3 Å². The molecule has 2 aromatic rings. The summed E-state index contributed by atoms with van der Waals surface area (Å²) in [7, 11) is 0.